The summed E-state index contributed by atoms with van der Waals surface area (Å²) in [4.78, 5) is 24.4. The van der Waals surface area contributed by atoms with Crippen molar-refractivity contribution in [3.8, 4) is 11.5 Å². The molecule has 1 atom stereocenters. The highest BCUT2D eigenvalue weighted by molar-refractivity contribution is 5.99. The van der Waals surface area contributed by atoms with E-state index in [2.05, 4.69) is 4.74 Å². The quantitative estimate of drug-likeness (QED) is 0.809. The van der Waals surface area contributed by atoms with Gasteiger partial charge in [-0.2, -0.15) is 0 Å². The number of aliphatic carboxylic acids is 1. The van der Waals surface area contributed by atoms with Crippen LogP contribution in [-0.2, 0) is 16.2 Å². The second-order valence-electron chi connectivity index (χ2n) is 6.22. The highest BCUT2D eigenvalue weighted by Gasteiger charge is 2.35. The average molecular weight is 395 g/mol. The number of amides is 1. The van der Waals surface area contributed by atoms with Crippen molar-refractivity contribution in [3.63, 3.8) is 0 Å². The molecule has 1 fully saturated rings. The third-order valence-electron chi connectivity index (χ3n) is 4.16. The normalized spacial score (nSPS) is 16.9. The summed E-state index contributed by atoms with van der Waals surface area (Å²) in [6.45, 7) is 0.137. The maximum absolute atomic E-state index is 12.3. The van der Waals surface area contributed by atoms with E-state index in [0.29, 0.717) is 17.0 Å². The Morgan fingerprint density at radius 1 is 1.14 bits per heavy atom. The van der Waals surface area contributed by atoms with Crippen molar-refractivity contribution in [1.82, 2.24) is 0 Å². The van der Waals surface area contributed by atoms with Gasteiger partial charge in [-0.25, -0.2) is 0 Å². The van der Waals surface area contributed by atoms with Gasteiger partial charge in [0.25, 0.3) is 0 Å². The van der Waals surface area contributed by atoms with Crippen molar-refractivity contribution in [3.05, 3.63) is 54.1 Å². The molecular weight excluding hydrogens is 379 g/mol. The van der Waals surface area contributed by atoms with E-state index in [9.17, 15) is 22.8 Å². The zero-order valence-corrected chi connectivity index (χ0v) is 14.5. The van der Waals surface area contributed by atoms with Gasteiger partial charge in [-0.3, -0.25) is 9.59 Å². The molecule has 1 aliphatic heterocycles. The van der Waals surface area contributed by atoms with Gasteiger partial charge in [-0.1, -0.05) is 12.1 Å². The summed E-state index contributed by atoms with van der Waals surface area (Å²) in [6, 6.07) is 11.9. The van der Waals surface area contributed by atoms with Crippen LogP contribution in [0.4, 0.5) is 18.9 Å². The van der Waals surface area contributed by atoms with Crippen molar-refractivity contribution in [2.24, 2.45) is 5.92 Å². The summed E-state index contributed by atoms with van der Waals surface area (Å²) in [5, 5.41) is 9.03. The lowest BCUT2D eigenvalue weighted by atomic mass is 10.1. The first-order valence-electron chi connectivity index (χ1n) is 8.32. The molecule has 6 nitrogen and oxygen atoms in total. The van der Waals surface area contributed by atoms with E-state index >= 15 is 0 Å². The lowest BCUT2D eigenvalue weighted by Crippen LogP contribution is -2.25. The number of nitrogens with zero attached hydrogens (tertiary/aromatic N) is 1. The van der Waals surface area contributed by atoms with Gasteiger partial charge in [-0.05, 0) is 42.0 Å². The summed E-state index contributed by atoms with van der Waals surface area (Å²) in [5.74, 6) is -1.87. The molecule has 0 aromatic heterocycles. The number of halogens is 3. The average Bonchev–Trinajstić information content (AvgIpc) is 3.01. The number of anilines is 1. The summed E-state index contributed by atoms with van der Waals surface area (Å²) >= 11 is 0. The van der Waals surface area contributed by atoms with E-state index in [0.717, 1.165) is 0 Å². The molecule has 28 heavy (non-hydrogen) atoms. The molecule has 1 unspecified atom stereocenters. The molecule has 9 heteroatoms. The third-order valence-corrected chi connectivity index (χ3v) is 4.16. The smallest absolute Gasteiger partial charge is 0.489 e. The lowest BCUT2D eigenvalue weighted by Gasteiger charge is -2.16. The number of carboxylic acids is 1. The van der Waals surface area contributed by atoms with E-state index in [1.165, 1.54) is 23.1 Å². The van der Waals surface area contributed by atoms with Crippen LogP contribution in [0.1, 0.15) is 12.0 Å². The van der Waals surface area contributed by atoms with Crippen LogP contribution in [0.15, 0.2) is 48.5 Å². The van der Waals surface area contributed by atoms with Crippen LogP contribution in [-0.4, -0.2) is 29.9 Å². The Morgan fingerprint density at radius 3 is 2.46 bits per heavy atom. The highest BCUT2D eigenvalue weighted by atomic mass is 19.4. The first kappa shape index (κ1) is 19.5. The number of rotatable bonds is 6. The van der Waals surface area contributed by atoms with E-state index < -0.39 is 18.2 Å². The molecule has 2 aromatic carbocycles. The van der Waals surface area contributed by atoms with Gasteiger partial charge in [-0.15, -0.1) is 13.2 Å². The van der Waals surface area contributed by atoms with Gasteiger partial charge < -0.3 is 19.5 Å². The Kier molecular flexibility index (Phi) is 5.43. The second-order valence-corrected chi connectivity index (χ2v) is 6.22. The molecule has 1 amide bonds. The summed E-state index contributed by atoms with van der Waals surface area (Å²) < 4.78 is 46.2. The number of carbonyl (C=O) groups excluding carboxylic acids is 1. The van der Waals surface area contributed by atoms with Gasteiger partial charge in [0.2, 0.25) is 5.91 Å². The number of ether oxygens (including phenoxy) is 2. The van der Waals surface area contributed by atoms with E-state index in [1.54, 1.807) is 30.3 Å². The number of hydrogen-bond acceptors (Lipinski definition) is 4. The molecule has 1 saturated heterocycles. The fourth-order valence-corrected chi connectivity index (χ4v) is 2.84. The SMILES string of the molecule is O=C(O)C1CC(=O)N(c2ccc(OCc3cccc(OC(F)(F)F)c3)cc2)C1. The zero-order chi connectivity index (χ0) is 20.3. The van der Waals surface area contributed by atoms with E-state index in [-0.39, 0.29) is 31.2 Å². The van der Waals surface area contributed by atoms with E-state index in [1.807, 2.05) is 0 Å². The maximum Gasteiger partial charge on any atom is 0.573 e. The Morgan fingerprint density at radius 2 is 1.86 bits per heavy atom. The van der Waals surface area contributed by atoms with Crippen molar-refractivity contribution in [1.29, 1.82) is 0 Å². The van der Waals surface area contributed by atoms with Crippen molar-refractivity contribution < 1.29 is 37.3 Å². The predicted molar refractivity (Wildman–Crippen MR) is 92.0 cm³/mol. The molecule has 2 aromatic rings. The molecule has 0 saturated carbocycles. The molecule has 1 heterocycles. The van der Waals surface area contributed by atoms with Gasteiger partial charge in [0.05, 0.1) is 5.92 Å². The largest absolute Gasteiger partial charge is 0.573 e. The number of hydrogen-bond donors (Lipinski definition) is 1. The van der Waals surface area contributed by atoms with Crippen molar-refractivity contribution in [2.45, 2.75) is 19.4 Å². The minimum absolute atomic E-state index is 0.0259. The lowest BCUT2D eigenvalue weighted by molar-refractivity contribution is -0.274. The molecule has 0 radical (unpaired) electrons. The van der Waals surface area contributed by atoms with Gasteiger partial charge >= 0.3 is 12.3 Å². The zero-order valence-electron chi connectivity index (χ0n) is 14.5. The van der Waals surface area contributed by atoms with Crippen LogP contribution in [0.3, 0.4) is 0 Å². The molecule has 1 N–H and O–H groups in total. The number of carbonyl (C=O) groups is 2. The number of carboxylic acid groups (broad SMARTS) is 1. The molecule has 148 valence electrons. The molecule has 0 spiro atoms. The van der Waals surface area contributed by atoms with Crippen molar-refractivity contribution in [2.75, 3.05) is 11.4 Å². The summed E-state index contributed by atoms with van der Waals surface area (Å²) in [5.41, 5.74) is 1.05. The topological polar surface area (TPSA) is 76.1 Å². The second kappa shape index (κ2) is 7.79. The van der Waals surface area contributed by atoms with E-state index in [4.69, 9.17) is 9.84 Å². The van der Waals surface area contributed by atoms with Crippen LogP contribution >= 0.6 is 0 Å². The maximum atomic E-state index is 12.3. The molecular formula is C19H16F3NO5. The Hall–Kier alpha value is -3.23. The van der Waals surface area contributed by atoms with Crippen LogP contribution in [0, 0.1) is 5.92 Å². The van der Waals surface area contributed by atoms with Crippen LogP contribution in [0.5, 0.6) is 11.5 Å². The fourth-order valence-electron chi connectivity index (χ4n) is 2.84. The Bertz CT molecular complexity index is 867. The first-order chi connectivity index (χ1) is 13.2. The molecule has 0 bridgehead atoms. The Balaban J connectivity index is 1.60. The van der Waals surface area contributed by atoms with Crippen LogP contribution in [0.25, 0.3) is 0 Å². The minimum Gasteiger partial charge on any atom is -0.489 e. The minimum atomic E-state index is -4.76. The molecule has 3 rings (SSSR count). The fraction of sp³-hybridized carbons (Fsp3) is 0.263. The first-order valence-corrected chi connectivity index (χ1v) is 8.32. The standard InChI is InChI=1S/C19H16F3NO5/c20-19(21,22)28-16-3-1-2-12(8-16)11-27-15-6-4-14(5-7-15)23-10-13(18(25)26)9-17(23)24/h1-8,13H,9-11H2,(H,25,26). The Labute approximate surface area is 158 Å². The monoisotopic (exact) mass is 395 g/mol. The third kappa shape index (κ3) is 4.93. The summed E-state index contributed by atoms with van der Waals surface area (Å²) in [7, 11) is 0. The molecule has 0 aliphatic carbocycles. The van der Waals surface area contributed by atoms with Crippen molar-refractivity contribution >= 4 is 17.6 Å². The van der Waals surface area contributed by atoms with Crippen LogP contribution in [0.2, 0.25) is 0 Å². The van der Waals surface area contributed by atoms with Crippen LogP contribution < -0.4 is 14.4 Å². The van der Waals surface area contributed by atoms with Gasteiger partial charge in [0.1, 0.15) is 18.1 Å². The molecule has 1 aliphatic rings. The highest BCUT2D eigenvalue weighted by Crippen LogP contribution is 2.28. The number of benzene rings is 2. The van der Waals surface area contributed by atoms with Gasteiger partial charge in [0.15, 0.2) is 0 Å². The number of alkyl halides is 3. The summed E-state index contributed by atoms with van der Waals surface area (Å²) in [6.07, 6.45) is -4.80. The predicted octanol–water partition coefficient (Wildman–Crippen LogP) is 3.60. The van der Waals surface area contributed by atoms with Gasteiger partial charge in [0, 0.05) is 18.7 Å².